The van der Waals surface area contributed by atoms with Crippen LogP contribution in [0.15, 0.2) is 59.6 Å². The van der Waals surface area contributed by atoms with Gasteiger partial charge in [0.05, 0.1) is 19.0 Å². The summed E-state index contributed by atoms with van der Waals surface area (Å²) >= 11 is 0. The highest BCUT2D eigenvalue weighted by molar-refractivity contribution is 8.76. The lowest BCUT2D eigenvalue weighted by Gasteiger charge is -2.31. The van der Waals surface area contributed by atoms with Crippen molar-refractivity contribution in [3.05, 3.63) is 65.7 Å². The third-order valence-corrected chi connectivity index (χ3v) is 14.4. The molecular formula is C47H67N15O12S2. The standard InChI is InChI=1S/C47H67N15O12S2/c48-28-23-75-76-24-34(46(74)62-19-5-9-35(62)45(73)58-29(8-4-18-54-47(52)53)40(68)55-22-38(51)66)61-44(72)33(21-37(50)65)60-42(70)31(16-17-36(49)64)57-43(71)32(20-26-6-2-1-3-7-26)59-41(69)30(56-39(28)67)15-12-25-10-13-27(63)14-11-25/h1-3,6-7,10-11,13-14,28-35,63H,4-5,8-9,12,15-24,48H2,(H2,49,64)(H2,50,65)(H2,51,66)(H,55,68)(H,56,67)(H,57,71)(H,58,73)(H,59,69)(H,60,70)(H,61,72)(H4,52,53,54)/t28-,29-,30-,31-,32-,33?,34-,35-/m0/s1. The average Bonchev–Trinajstić information content (AvgIpc) is 3.87. The number of benzene rings is 2. The van der Waals surface area contributed by atoms with Gasteiger partial charge >= 0.3 is 0 Å². The van der Waals surface area contributed by atoms with Gasteiger partial charge in [0.15, 0.2) is 5.96 Å². The average molecular weight is 1100 g/mol. The highest BCUT2D eigenvalue weighted by Crippen LogP contribution is 2.26. The Kier molecular flexibility index (Phi) is 24.6. The number of aliphatic imine (C=N–C) groups is 1. The van der Waals surface area contributed by atoms with Gasteiger partial charge in [-0.1, -0.05) is 64.1 Å². The number of amides is 11. The molecule has 11 amide bonds. The molecule has 76 heavy (non-hydrogen) atoms. The van der Waals surface area contributed by atoms with Gasteiger partial charge in [0, 0.05) is 37.4 Å². The normalized spacial score (nSPS) is 22.5. The Morgan fingerprint density at radius 3 is 1.96 bits per heavy atom. The molecule has 2 aliphatic rings. The quantitative estimate of drug-likeness (QED) is 0.0255. The van der Waals surface area contributed by atoms with Crippen molar-refractivity contribution in [2.45, 2.75) is 113 Å². The molecule has 2 saturated heterocycles. The van der Waals surface area contributed by atoms with Gasteiger partial charge in [-0.15, -0.1) is 0 Å². The number of likely N-dealkylation sites (tertiary alicyclic amines) is 1. The maximum Gasteiger partial charge on any atom is 0.246 e. The van der Waals surface area contributed by atoms with E-state index in [2.05, 4.69) is 42.2 Å². The maximum absolute atomic E-state index is 14.6. The van der Waals surface area contributed by atoms with Crippen LogP contribution in [0.3, 0.4) is 0 Å². The van der Waals surface area contributed by atoms with E-state index in [-0.39, 0.29) is 74.8 Å². The zero-order valence-electron chi connectivity index (χ0n) is 41.5. The number of nitrogens with two attached hydrogens (primary N) is 6. The Labute approximate surface area is 445 Å². The van der Waals surface area contributed by atoms with Crippen LogP contribution in [0.4, 0.5) is 0 Å². The number of aryl methyl sites for hydroxylation is 1. The van der Waals surface area contributed by atoms with Gasteiger partial charge in [0.25, 0.3) is 0 Å². The Morgan fingerprint density at radius 2 is 1.32 bits per heavy atom. The van der Waals surface area contributed by atoms with Crippen LogP contribution in [0.25, 0.3) is 0 Å². The van der Waals surface area contributed by atoms with E-state index in [1.807, 2.05) is 0 Å². The topological polar surface area (TPSA) is 464 Å². The lowest BCUT2D eigenvalue weighted by molar-refractivity contribution is -0.142. The number of aromatic hydroxyl groups is 1. The number of nitrogens with zero attached hydrogens (tertiary/aromatic N) is 2. The number of guanidine groups is 1. The minimum atomic E-state index is -1.79. The molecule has 29 heteroatoms. The van der Waals surface area contributed by atoms with Crippen molar-refractivity contribution in [1.82, 2.24) is 42.1 Å². The van der Waals surface area contributed by atoms with Crippen LogP contribution >= 0.6 is 21.6 Å². The Hall–Kier alpha value is -7.66. The molecule has 0 spiro atoms. The first-order valence-electron chi connectivity index (χ1n) is 24.2. The highest BCUT2D eigenvalue weighted by Gasteiger charge is 2.40. The van der Waals surface area contributed by atoms with E-state index in [1.54, 1.807) is 42.5 Å². The van der Waals surface area contributed by atoms with Crippen LogP contribution in [0.1, 0.15) is 62.5 Å². The van der Waals surface area contributed by atoms with E-state index in [0.717, 1.165) is 21.6 Å². The van der Waals surface area contributed by atoms with Crippen LogP contribution in [0.5, 0.6) is 5.75 Å². The monoisotopic (exact) mass is 1100 g/mol. The third kappa shape index (κ3) is 20.6. The summed E-state index contributed by atoms with van der Waals surface area (Å²) in [5, 5.41) is 27.6. The molecule has 2 aromatic rings. The Bertz CT molecular complexity index is 2430. The number of hydrogen-bond donors (Lipinski definition) is 14. The number of primary amides is 3. The van der Waals surface area contributed by atoms with Crippen LogP contribution in [-0.4, -0.2) is 160 Å². The summed E-state index contributed by atoms with van der Waals surface area (Å²) in [4.78, 5) is 153. The lowest BCUT2D eigenvalue weighted by Crippen LogP contribution is -2.61. The molecule has 27 nitrogen and oxygen atoms in total. The largest absolute Gasteiger partial charge is 0.508 e. The van der Waals surface area contributed by atoms with E-state index in [0.29, 0.717) is 17.5 Å². The summed E-state index contributed by atoms with van der Waals surface area (Å²) < 4.78 is 0. The predicted octanol–water partition coefficient (Wildman–Crippen LogP) is -5.01. The van der Waals surface area contributed by atoms with Crippen molar-refractivity contribution in [3.63, 3.8) is 0 Å². The first kappa shape index (κ1) is 60.9. The number of hydrogen-bond acceptors (Lipinski definition) is 16. The second-order valence-corrected chi connectivity index (χ2v) is 20.5. The number of rotatable bonds is 20. The van der Waals surface area contributed by atoms with Crippen molar-refractivity contribution in [3.8, 4) is 5.75 Å². The van der Waals surface area contributed by atoms with E-state index in [9.17, 15) is 57.8 Å². The van der Waals surface area contributed by atoms with Gasteiger partial charge in [-0.05, 0) is 68.2 Å². The van der Waals surface area contributed by atoms with Crippen LogP contribution < -0.4 is 71.6 Å². The molecule has 414 valence electrons. The molecule has 0 radical (unpaired) electrons. The molecule has 2 heterocycles. The van der Waals surface area contributed by atoms with Crippen molar-refractivity contribution in [2.24, 2.45) is 39.4 Å². The second-order valence-electron chi connectivity index (χ2n) is 17.9. The smallest absolute Gasteiger partial charge is 0.246 e. The molecule has 4 rings (SSSR count). The van der Waals surface area contributed by atoms with Crippen LogP contribution in [-0.2, 0) is 65.6 Å². The maximum atomic E-state index is 14.6. The summed E-state index contributed by atoms with van der Waals surface area (Å²) in [5.74, 6) is -10.3. The van der Waals surface area contributed by atoms with Crippen LogP contribution in [0.2, 0.25) is 0 Å². The van der Waals surface area contributed by atoms with E-state index >= 15 is 0 Å². The summed E-state index contributed by atoms with van der Waals surface area (Å²) in [5.41, 5.74) is 34.7. The zero-order valence-corrected chi connectivity index (χ0v) is 43.2. The summed E-state index contributed by atoms with van der Waals surface area (Å²) in [6.07, 6.45) is -1.01. The van der Waals surface area contributed by atoms with E-state index < -0.39 is 139 Å². The molecule has 8 atom stereocenters. The lowest BCUT2D eigenvalue weighted by atomic mass is 10.0. The molecule has 2 aliphatic heterocycles. The van der Waals surface area contributed by atoms with Gasteiger partial charge in [0.2, 0.25) is 65.0 Å². The molecule has 20 N–H and O–H groups in total. The van der Waals surface area contributed by atoms with Crippen molar-refractivity contribution >= 4 is 92.5 Å². The van der Waals surface area contributed by atoms with Crippen LogP contribution in [0, 0.1) is 0 Å². The van der Waals surface area contributed by atoms with Gasteiger partial charge in [-0.25, -0.2) is 0 Å². The van der Waals surface area contributed by atoms with Gasteiger partial charge in [0.1, 0.15) is 48.0 Å². The number of carbonyl (C=O) groups excluding carboxylic acids is 11. The summed E-state index contributed by atoms with van der Waals surface area (Å²) in [6.45, 7) is -0.438. The number of carbonyl (C=O) groups is 11. The molecule has 0 aliphatic carbocycles. The van der Waals surface area contributed by atoms with Crippen molar-refractivity contribution < 1.29 is 57.8 Å². The fraction of sp³-hybridized carbons (Fsp3) is 0.489. The third-order valence-electron chi connectivity index (χ3n) is 11.9. The van der Waals surface area contributed by atoms with E-state index in [4.69, 9.17) is 34.4 Å². The second kappa shape index (κ2) is 30.6. The molecule has 0 bridgehead atoms. The minimum absolute atomic E-state index is 0.00244. The number of phenols is 1. The number of phenolic OH excluding ortho intramolecular Hbond substituents is 1. The Morgan fingerprint density at radius 1 is 0.711 bits per heavy atom. The SMILES string of the molecule is NC(=O)CC[C@@H]1NC(=O)[C@H](Cc2ccccc2)NC(=O)[C@H](CCc2ccc(O)cc2)NC(=O)[C@@H](N)CSSC[C@@H](C(=O)N2CCC[C@H]2C(=O)N[C@@H](CCCN=C(N)N)C(=O)NCC(N)=O)NC(=O)C(CC(N)=O)NC1=O. The first-order valence-corrected chi connectivity index (χ1v) is 26.7. The first-order chi connectivity index (χ1) is 36.1. The fourth-order valence-electron chi connectivity index (χ4n) is 7.96. The van der Waals surface area contributed by atoms with Gasteiger partial charge in [-0.2, -0.15) is 0 Å². The highest BCUT2D eigenvalue weighted by atomic mass is 33.1. The summed E-state index contributed by atoms with van der Waals surface area (Å²) in [7, 11) is 2.01. The number of nitrogens with one attached hydrogen (secondary N) is 7. The van der Waals surface area contributed by atoms with E-state index in [1.165, 1.54) is 17.0 Å². The molecule has 2 aromatic carbocycles. The van der Waals surface area contributed by atoms with Crippen molar-refractivity contribution in [1.29, 1.82) is 0 Å². The minimum Gasteiger partial charge on any atom is -0.508 e. The molecule has 0 saturated carbocycles. The fourth-order valence-corrected chi connectivity index (χ4v) is 10.2. The Balaban J connectivity index is 1.70. The zero-order chi connectivity index (χ0) is 55.9. The van der Waals surface area contributed by atoms with Crippen molar-refractivity contribution in [2.75, 3.05) is 31.1 Å². The summed E-state index contributed by atoms with van der Waals surface area (Å²) in [6, 6.07) is 3.32. The molecule has 0 aromatic heterocycles. The predicted molar refractivity (Wildman–Crippen MR) is 280 cm³/mol. The van der Waals surface area contributed by atoms with Gasteiger partial charge in [-0.3, -0.25) is 57.7 Å². The molecule has 2 fully saturated rings. The van der Waals surface area contributed by atoms with Gasteiger partial charge < -0.3 is 81.6 Å². The molecular weight excluding hydrogens is 1030 g/mol. The molecule has 1 unspecified atom stereocenters.